The van der Waals surface area contributed by atoms with E-state index in [2.05, 4.69) is 63.7 Å². The van der Waals surface area contributed by atoms with Crippen molar-refractivity contribution in [1.82, 2.24) is 15.5 Å². The highest BCUT2D eigenvalue weighted by Gasteiger charge is 2.71. The Labute approximate surface area is 366 Å². The molecule has 1 heterocycles. The Morgan fingerprint density at radius 3 is 2.18 bits per heavy atom. The molecular formula is C48H79N3O9S. The molecule has 0 spiro atoms. The minimum absolute atomic E-state index is 0.0906. The van der Waals surface area contributed by atoms with Gasteiger partial charge in [0.15, 0.2) is 9.84 Å². The molecule has 3 N–H and O–H groups in total. The van der Waals surface area contributed by atoms with Crippen molar-refractivity contribution >= 4 is 27.9 Å². The fourth-order valence-corrected chi connectivity index (χ4v) is 17.0. The number of hydrogen-bond donors (Lipinski definition) is 3. The molecule has 1 aliphatic heterocycles. The standard InChI is InChI=1S/C48H79N3O9S/c1-30(2)32-13-18-48(49-28-31(50-42(55)59-24-23-58-10)29-51-21-25-61(56,57)26-22-51)20-19-46(8)33(39(32)48)11-12-37-45(7)16-15-38(44(5,6)36(45)14-17-47(37,46)9)60-41(54)35-27-34(40(52)53)43(35,3)4/h31-39,49H,1,11-29H2,2-10H3,(H,50,55)(H,52,53)/t31-,32+,33-,34+,35-,36+,37-,38+,39-,45+,46-,47-,48+/m1/s1. The summed E-state index contributed by atoms with van der Waals surface area (Å²) < 4.78 is 41.5. The van der Waals surface area contributed by atoms with Gasteiger partial charge in [-0.25, -0.2) is 13.2 Å². The van der Waals surface area contributed by atoms with Crippen molar-refractivity contribution in [3.63, 3.8) is 0 Å². The van der Waals surface area contributed by atoms with Gasteiger partial charge in [-0.05, 0) is 129 Å². The number of rotatable bonds is 13. The summed E-state index contributed by atoms with van der Waals surface area (Å²) in [4.78, 5) is 40.7. The van der Waals surface area contributed by atoms with Crippen molar-refractivity contribution in [2.75, 3.05) is 58.0 Å². The van der Waals surface area contributed by atoms with Gasteiger partial charge in [0.1, 0.15) is 12.7 Å². The zero-order valence-corrected chi connectivity index (χ0v) is 39.7. The lowest BCUT2D eigenvalue weighted by Crippen LogP contribution is -2.69. The first-order valence-corrected chi connectivity index (χ1v) is 25.5. The van der Waals surface area contributed by atoms with E-state index in [4.69, 9.17) is 14.2 Å². The Morgan fingerprint density at radius 2 is 1.54 bits per heavy atom. The maximum atomic E-state index is 13.7. The van der Waals surface area contributed by atoms with Gasteiger partial charge in [-0.15, -0.1) is 0 Å². The Balaban J connectivity index is 1.09. The van der Waals surface area contributed by atoms with E-state index in [-0.39, 0.29) is 69.3 Å². The molecule has 0 aromatic heterocycles. The highest BCUT2D eigenvalue weighted by atomic mass is 32.2. The predicted octanol–water partition coefficient (Wildman–Crippen LogP) is 7.12. The quantitative estimate of drug-likeness (QED) is 0.0983. The van der Waals surface area contributed by atoms with Crippen LogP contribution in [0.1, 0.15) is 126 Å². The normalized spacial score (nSPS) is 42.6. The molecule has 13 heteroatoms. The van der Waals surface area contributed by atoms with Gasteiger partial charge in [-0.2, -0.15) is 0 Å². The van der Waals surface area contributed by atoms with E-state index in [0.29, 0.717) is 68.8 Å². The number of sulfone groups is 1. The van der Waals surface area contributed by atoms with E-state index in [1.807, 2.05) is 13.8 Å². The van der Waals surface area contributed by atoms with Gasteiger partial charge in [-0.3, -0.25) is 14.5 Å². The predicted molar refractivity (Wildman–Crippen MR) is 235 cm³/mol. The van der Waals surface area contributed by atoms with Gasteiger partial charge in [-0.1, -0.05) is 60.6 Å². The lowest BCUT2D eigenvalue weighted by Gasteiger charge is -2.73. The number of nitrogens with one attached hydrogen (secondary N) is 2. The van der Waals surface area contributed by atoms with Crippen LogP contribution < -0.4 is 10.6 Å². The van der Waals surface area contributed by atoms with Crippen LogP contribution in [0.2, 0.25) is 0 Å². The zero-order valence-electron chi connectivity index (χ0n) is 38.9. The Bertz CT molecular complexity index is 1810. The second-order valence-electron chi connectivity index (χ2n) is 22.9. The summed E-state index contributed by atoms with van der Waals surface area (Å²) in [6.45, 7) is 25.6. The minimum Gasteiger partial charge on any atom is -0.481 e. The summed E-state index contributed by atoms with van der Waals surface area (Å²) in [5, 5.41) is 17.0. The van der Waals surface area contributed by atoms with E-state index >= 15 is 0 Å². The number of alkyl carbamates (subject to hydrolysis) is 1. The van der Waals surface area contributed by atoms with Crippen LogP contribution in [-0.4, -0.2) is 112 Å². The van der Waals surface area contributed by atoms with Crippen molar-refractivity contribution in [3.8, 4) is 0 Å². The number of carboxylic acids is 1. The SMILES string of the molecule is C=C(C)[C@@H]1CC[C@]2(NC[C@H](CN3CCS(=O)(=O)CC3)NC(=O)OCCOC)CC[C@]3(C)[C@H](CC[C@@H]4[C@@]5(C)CC[C@H](OC(=O)[C@H]6C[C@@H](C(=O)O)C6(C)C)C(C)(C)[C@@H]5CC[C@]43C)[C@@H]12. The highest BCUT2D eigenvalue weighted by Crippen LogP contribution is 2.76. The molecule has 61 heavy (non-hydrogen) atoms. The Morgan fingerprint density at radius 1 is 0.836 bits per heavy atom. The number of nitrogens with zero attached hydrogens (tertiary/aromatic N) is 1. The van der Waals surface area contributed by atoms with E-state index in [0.717, 1.165) is 51.4 Å². The Kier molecular flexibility index (Phi) is 12.8. The summed E-state index contributed by atoms with van der Waals surface area (Å²) in [7, 11) is -1.46. The third-order valence-electron chi connectivity index (χ3n) is 19.6. The van der Waals surface area contributed by atoms with Crippen molar-refractivity contribution in [1.29, 1.82) is 0 Å². The first-order valence-electron chi connectivity index (χ1n) is 23.6. The minimum atomic E-state index is -3.03. The number of ether oxygens (including phenoxy) is 3. The highest BCUT2D eigenvalue weighted by molar-refractivity contribution is 7.91. The van der Waals surface area contributed by atoms with Gasteiger partial charge in [0.2, 0.25) is 0 Å². The van der Waals surface area contributed by atoms with Crippen LogP contribution in [0.4, 0.5) is 4.79 Å². The lowest BCUT2D eigenvalue weighted by molar-refractivity contribution is -0.248. The maximum absolute atomic E-state index is 13.7. The molecular weight excluding hydrogens is 795 g/mol. The summed E-state index contributed by atoms with van der Waals surface area (Å²) in [5.41, 5.74) is 0.748. The number of carbonyl (C=O) groups is 3. The molecule has 13 atom stereocenters. The molecule has 6 aliphatic carbocycles. The van der Waals surface area contributed by atoms with Crippen molar-refractivity contribution in [2.24, 2.45) is 68.5 Å². The molecule has 7 aliphatic rings. The fraction of sp³-hybridized carbons (Fsp3) is 0.896. The summed E-state index contributed by atoms with van der Waals surface area (Å²) in [6.07, 6.45) is 10.5. The second-order valence-corrected chi connectivity index (χ2v) is 25.2. The summed E-state index contributed by atoms with van der Waals surface area (Å²) in [6, 6.07) is -0.258. The molecule has 12 nitrogen and oxygen atoms in total. The average molecular weight is 874 g/mol. The number of allylic oxidation sites excluding steroid dienone is 1. The van der Waals surface area contributed by atoms with Crippen molar-refractivity contribution in [3.05, 3.63) is 12.2 Å². The van der Waals surface area contributed by atoms with Gasteiger partial charge in [0.05, 0.1) is 36.0 Å². The van der Waals surface area contributed by atoms with Crippen LogP contribution >= 0.6 is 0 Å². The zero-order chi connectivity index (χ0) is 44.6. The molecule has 0 aromatic carbocycles. The lowest BCUT2D eigenvalue weighted by atomic mass is 9.32. The molecule has 6 saturated carbocycles. The van der Waals surface area contributed by atoms with Crippen molar-refractivity contribution in [2.45, 2.75) is 144 Å². The smallest absolute Gasteiger partial charge is 0.407 e. The molecule has 1 amide bonds. The molecule has 0 unspecified atom stereocenters. The first-order chi connectivity index (χ1) is 28.5. The van der Waals surface area contributed by atoms with Gasteiger partial charge < -0.3 is 30.0 Å². The molecule has 7 rings (SSSR count). The number of carboxylic acid groups (broad SMARTS) is 1. The van der Waals surface area contributed by atoms with E-state index in [1.54, 1.807) is 7.11 Å². The van der Waals surface area contributed by atoms with Gasteiger partial charge in [0.25, 0.3) is 0 Å². The molecule has 1 saturated heterocycles. The number of amides is 1. The summed E-state index contributed by atoms with van der Waals surface area (Å²) >= 11 is 0. The third kappa shape index (κ3) is 8.01. The van der Waals surface area contributed by atoms with E-state index < -0.39 is 33.2 Å². The average Bonchev–Trinajstić information content (AvgIpc) is 3.56. The second kappa shape index (κ2) is 16.6. The summed E-state index contributed by atoms with van der Waals surface area (Å²) in [5.74, 6) is 0.651. The van der Waals surface area contributed by atoms with Crippen LogP contribution in [-0.2, 0) is 33.6 Å². The number of fused-ring (bicyclic) bond motifs is 7. The van der Waals surface area contributed by atoms with Crippen molar-refractivity contribution < 1.29 is 42.1 Å². The van der Waals surface area contributed by atoms with E-state index in [1.165, 1.54) is 18.4 Å². The molecule has 346 valence electrons. The van der Waals surface area contributed by atoms with E-state index in [9.17, 15) is 27.9 Å². The van der Waals surface area contributed by atoms with Crippen LogP contribution in [0.3, 0.4) is 0 Å². The third-order valence-corrected chi connectivity index (χ3v) is 21.2. The van der Waals surface area contributed by atoms with Crippen LogP contribution in [0.5, 0.6) is 0 Å². The number of carbonyl (C=O) groups excluding carboxylic acids is 2. The van der Waals surface area contributed by atoms with Crippen LogP contribution in [0, 0.1) is 68.5 Å². The molecule has 0 radical (unpaired) electrons. The van der Waals surface area contributed by atoms with Gasteiger partial charge >= 0.3 is 18.0 Å². The molecule has 7 fully saturated rings. The molecule has 0 bridgehead atoms. The monoisotopic (exact) mass is 874 g/mol. The largest absolute Gasteiger partial charge is 0.481 e. The Hall–Kier alpha value is -2.22. The maximum Gasteiger partial charge on any atom is 0.407 e. The number of hydrogen-bond acceptors (Lipinski definition) is 10. The number of methoxy groups -OCH3 is 1. The van der Waals surface area contributed by atoms with Crippen LogP contribution in [0.25, 0.3) is 0 Å². The van der Waals surface area contributed by atoms with Gasteiger partial charge in [0, 0.05) is 44.2 Å². The molecule has 0 aromatic rings. The van der Waals surface area contributed by atoms with Crippen LogP contribution in [0.15, 0.2) is 12.2 Å². The number of esters is 1. The fourth-order valence-electron chi connectivity index (χ4n) is 15.8. The topological polar surface area (TPSA) is 161 Å². The first kappa shape index (κ1) is 46.8. The number of aliphatic carboxylic acids is 1.